The van der Waals surface area contributed by atoms with E-state index in [4.69, 9.17) is 14.2 Å². The fourth-order valence-corrected chi connectivity index (χ4v) is 7.77. The van der Waals surface area contributed by atoms with Crippen LogP contribution in [-0.2, 0) is 23.9 Å². The first-order valence-corrected chi connectivity index (χ1v) is 15.7. The minimum absolute atomic E-state index is 0.0792. The van der Waals surface area contributed by atoms with Gasteiger partial charge in [-0.1, -0.05) is 15.9 Å². The van der Waals surface area contributed by atoms with Gasteiger partial charge in [0, 0.05) is 49.8 Å². The number of benzene rings is 1. The minimum Gasteiger partial charge on any atom is -0.494 e. The van der Waals surface area contributed by atoms with Crippen molar-refractivity contribution in [2.45, 2.75) is 55.2 Å². The summed E-state index contributed by atoms with van der Waals surface area (Å²) in [7, 11) is 0. The van der Waals surface area contributed by atoms with Gasteiger partial charge in [0.2, 0.25) is 17.7 Å². The zero-order chi connectivity index (χ0) is 29.0. The Bertz CT molecular complexity index is 1090. The zero-order valence-corrected chi connectivity index (χ0v) is 25.1. The number of alkyl halides is 1. The molecule has 4 fully saturated rings. The van der Waals surface area contributed by atoms with Crippen LogP contribution in [0.2, 0.25) is 0 Å². The lowest BCUT2D eigenvalue weighted by atomic mass is 9.70. The molecule has 5 rings (SSSR count). The number of rotatable bonds is 13. The van der Waals surface area contributed by atoms with Gasteiger partial charge in [0.1, 0.15) is 17.4 Å². The van der Waals surface area contributed by atoms with E-state index in [0.717, 1.165) is 19.5 Å². The highest BCUT2D eigenvalue weighted by Crippen LogP contribution is 2.60. The number of anilines is 1. The van der Waals surface area contributed by atoms with E-state index in [1.54, 1.807) is 29.2 Å². The SMILES string of the molecule is CCOc1ccc(NC(=O)[C@H]2[C@H]3C(=O)N(CCCCCO)C(C(=O)NCCN4CCOCC4)C34CC(Br)[C@@H]2O4)cc1. The average molecular weight is 638 g/mol. The molecule has 1 aromatic carbocycles. The van der Waals surface area contributed by atoms with Gasteiger partial charge in [0.05, 0.1) is 37.8 Å². The Labute approximate surface area is 249 Å². The number of hydrogen-bond donors (Lipinski definition) is 3. The van der Waals surface area contributed by atoms with Crippen molar-refractivity contribution in [3.63, 3.8) is 0 Å². The molecule has 4 heterocycles. The van der Waals surface area contributed by atoms with E-state index in [-0.39, 0.29) is 29.2 Å². The largest absolute Gasteiger partial charge is 0.494 e. The molecule has 4 aliphatic heterocycles. The maximum Gasteiger partial charge on any atom is 0.245 e. The van der Waals surface area contributed by atoms with E-state index in [2.05, 4.69) is 31.5 Å². The van der Waals surface area contributed by atoms with Crippen molar-refractivity contribution >= 4 is 39.3 Å². The number of nitrogens with one attached hydrogen (secondary N) is 2. The topological polar surface area (TPSA) is 130 Å². The summed E-state index contributed by atoms with van der Waals surface area (Å²) in [5.41, 5.74) is -0.485. The monoisotopic (exact) mass is 636 g/mol. The number of fused-ring (bicyclic) bond motifs is 1. The van der Waals surface area contributed by atoms with Crippen LogP contribution in [-0.4, -0.2) is 114 Å². The molecule has 0 radical (unpaired) electrons. The quantitative estimate of drug-likeness (QED) is 0.219. The van der Waals surface area contributed by atoms with Crippen molar-refractivity contribution in [1.82, 2.24) is 15.1 Å². The van der Waals surface area contributed by atoms with Crippen molar-refractivity contribution in [1.29, 1.82) is 0 Å². The van der Waals surface area contributed by atoms with Crippen LogP contribution in [0.5, 0.6) is 5.75 Å². The number of likely N-dealkylation sites (tertiary alicyclic amines) is 1. The van der Waals surface area contributed by atoms with Crippen molar-refractivity contribution in [3.05, 3.63) is 24.3 Å². The van der Waals surface area contributed by atoms with Gasteiger partial charge < -0.3 is 34.9 Å². The third kappa shape index (κ3) is 6.13. The first-order chi connectivity index (χ1) is 19.9. The van der Waals surface area contributed by atoms with Gasteiger partial charge >= 0.3 is 0 Å². The van der Waals surface area contributed by atoms with Crippen LogP contribution < -0.4 is 15.4 Å². The molecule has 0 aromatic heterocycles. The number of hydrogen-bond acceptors (Lipinski definition) is 8. The van der Waals surface area contributed by atoms with Gasteiger partial charge in [-0.3, -0.25) is 19.3 Å². The maximum atomic E-state index is 14.0. The Morgan fingerprint density at radius 1 is 1.12 bits per heavy atom. The molecule has 3 amide bonds. The molecule has 12 heteroatoms. The number of ether oxygens (including phenoxy) is 3. The van der Waals surface area contributed by atoms with Crippen LogP contribution in [0.25, 0.3) is 0 Å². The summed E-state index contributed by atoms with van der Waals surface area (Å²) >= 11 is 3.71. The van der Waals surface area contributed by atoms with Gasteiger partial charge in [-0.25, -0.2) is 0 Å². The number of aliphatic hydroxyl groups excluding tert-OH is 1. The van der Waals surface area contributed by atoms with Crippen molar-refractivity contribution < 1.29 is 33.7 Å². The molecule has 41 heavy (non-hydrogen) atoms. The molecular weight excluding hydrogens is 596 g/mol. The second-order valence-electron chi connectivity index (χ2n) is 11.2. The Hall–Kier alpha value is -2.25. The highest BCUT2D eigenvalue weighted by atomic mass is 79.9. The number of nitrogens with zero attached hydrogens (tertiary/aromatic N) is 2. The van der Waals surface area contributed by atoms with E-state index < -0.39 is 29.6 Å². The molecule has 3 unspecified atom stereocenters. The summed E-state index contributed by atoms with van der Waals surface area (Å²) in [6.07, 6.45) is 1.95. The van der Waals surface area contributed by atoms with Crippen LogP contribution in [0.15, 0.2) is 24.3 Å². The summed E-state index contributed by atoms with van der Waals surface area (Å²) in [6, 6.07) is 6.29. The molecule has 3 N–H and O–H groups in total. The molecule has 0 aliphatic carbocycles. The molecule has 4 saturated heterocycles. The summed E-state index contributed by atoms with van der Waals surface area (Å²) < 4.78 is 17.5. The van der Waals surface area contributed by atoms with Crippen LogP contribution in [0.1, 0.15) is 32.6 Å². The Kier molecular flexibility index (Phi) is 9.85. The minimum atomic E-state index is -1.09. The smallest absolute Gasteiger partial charge is 0.245 e. The summed E-state index contributed by atoms with van der Waals surface area (Å²) in [4.78, 5) is 45.3. The predicted molar refractivity (Wildman–Crippen MR) is 155 cm³/mol. The van der Waals surface area contributed by atoms with Gasteiger partial charge in [-0.2, -0.15) is 0 Å². The number of aliphatic hydroxyl groups is 1. The van der Waals surface area contributed by atoms with Crippen LogP contribution >= 0.6 is 15.9 Å². The van der Waals surface area contributed by atoms with Gasteiger partial charge in [-0.15, -0.1) is 0 Å². The van der Waals surface area contributed by atoms with Gasteiger partial charge in [0.25, 0.3) is 0 Å². The highest BCUT2D eigenvalue weighted by Gasteiger charge is 2.76. The number of morpholine rings is 1. The summed E-state index contributed by atoms with van der Waals surface area (Å²) in [5, 5.41) is 15.3. The Morgan fingerprint density at radius 2 is 1.88 bits per heavy atom. The molecule has 11 nitrogen and oxygen atoms in total. The number of amides is 3. The van der Waals surface area contributed by atoms with Crippen LogP contribution in [0, 0.1) is 11.8 Å². The standard InChI is InChI=1S/C29H41BrN4O7/c1-2-40-20-8-6-19(7-9-20)32-26(36)22-23-28(38)34(11-4-3-5-15-35)25(29(23)18-21(30)24(22)41-29)27(37)31-10-12-33-13-16-39-17-14-33/h6-9,21-25,35H,2-5,10-18H2,1H3,(H,31,37)(H,32,36)/t21?,22-,23-,24-,25?,29?/m0/s1. The van der Waals surface area contributed by atoms with Crippen LogP contribution in [0.4, 0.5) is 5.69 Å². The predicted octanol–water partition coefficient (Wildman–Crippen LogP) is 1.38. The van der Waals surface area contributed by atoms with E-state index in [1.165, 1.54) is 0 Å². The normalized spacial score (nSPS) is 30.9. The molecule has 1 aromatic rings. The summed E-state index contributed by atoms with van der Waals surface area (Å²) in [5.74, 6) is -1.54. The zero-order valence-electron chi connectivity index (χ0n) is 23.6. The third-order valence-corrected chi connectivity index (χ3v) is 9.51. The Balaban J connectivity index is 1.34. The van der Waals surface area contributed by atoms with Crippen molar-refractivity contribution in [3.8, 4) is 5.75 Å². The van der Waals surface area contributed by atoms with Crippen molar-refractivity contribution in [2.75, 3.05) is 64.5 Å². The molecule has 4 aliphatic rings. The Morgan fingerprint density at radius 3 is 2.59 bits per heavy atom. The van der Waals surface area contributed by atoms with Gasteiger partial charge in [-0.05, 0) is 56.9 Å². The lowest BCUT2D eigenvalue weighted by molar-refractivity contribution is -0.141. The molecule has 6 atom stereocenters. The van der Waals surface area contributed by atoms with E-state index in [1.807, 2.05) is 6.92 Å². The van der Waals surface area contributed by atoms with E-state index in [0.29, 0.717) is 70.2 Å². The fourth-order valence-electron chi connectivity index (χ4n) is 6.83. The number of halogens is 1. The lowest BCUT2D eigenvalue weighted by Gasteiger charge is -2.34. The average Bonchev–Trinajstić information content (AvgIpc) is 3.56. The third-order valence-electron chi connectivity index (χ3n) is 8.66. The first kappa shape index (κ1) is 30.2. The second kappa shape index (κ2) is 13.4. The highest BCUT2D eigenvalue weighted by molar-refractivity contribution is 9.09. The number of carbonyl (C=O) groups is 3. The van der Waals surface area contributed by atoms with E-state index in [9.17, 15) is 19.5 Å². The van der Waals surface area contributed by atoms with E-state index >= 15 is 0 Å². The first-order valence-electron chi connectivity index (χ1n) is 14.7. The molecule has 2 bridgehead atoms. The van der Waals surface area contributed by atoms with Crippen molar-refractivity contribution in [2.24, 2.45) is 11.8 Å². The van der Waals surface area contributed by atoms with Crippen LogP contribution in [0.3, 0.4) is 0 Å². The molecule has 0 saturated carbocycles. The maximum absolute atomic E-state index is 14.0. The number of unbranched alkanes of at least 4 members (excludes halogenated alkanes) is 2. The molecule has 226 valence electrons. The number of carbonyl (C=O) groups excluding carboxylic acids is 3. The fraction of sp³-hybridized carbons (Fsp3) is 0.690. The lowest BCUT2D eigenvalue weighted by Crippen LogP contribution is -2.56. The summed E-state index contributed by atoms with van der Waals surface area (Å²) in [6.45, 7) is 7.05. The second-order valence-corrected chi connectivity index (χ2v) is 12.3. The molecular formula is C29H41BrN4O7. The van der Waals surface area contributed by atoms with Gasteiger partial charge in [0.15, 0.2) is 0 Å². The molecule has 1 spiro atoms.